The van der Waals surface area contributed by atoms with Crippen LogP contribution in [0.25, 0.3) is 0 Å². The number of halogens is 1. The molecule has 2 rings (SSSR count). The minimum absolute atomic E-state index is 0. The van der Waals surface area contributed by atoms with Crippen molar-refractivity contribution < 1.29 is 77.1 Å². The molecular weight excluding hydrogens is 497 g/mol. The number of carbonyl (C=O) groups is 2. The van der Waals surface area contributed by atoms with E-state index in [1.807, 2.05) is 18.2 Å². The summed E-state index contributed by atoms with van der Waals surface area (Å²) in [5.74, 6) is -2.93. The zero-order chi connectivity index (χ0) is 26.0. The molecule has 0 fully saturated rings. The van der Waals surface area contributed by atoms with Gasteiger partial charge >= 0.3 is 41.5 Å². The van der Waals surface area contributed by atoms with Gasteiger partial charge in [-0.1, -0.05) is 48.0 Å². The first-order valence-corrected chi connectivity index (χ1v) is 11.3. The molecule has 0 aliphatic heterocycles. The number of phenolic OH excluding ortho intramolecular Hbond substituents is 1. The summed E-state index contributed by atoms with van der Waals surface area (Å²) < 4.78 is 0. The third-order valence-electron chi connectivity index (χ3n) is 5.57. The Kier molecular flexibility index (Phi) is 18.0. The molecule has 0 heterocycles. The first-order valence-electron chi connectivity index (χ1n) is 11.3. The van der Waals surface area contributed by atoms with Crippen molar-refractivity contribution in [1.82, 2.24) is 4.90 Å². The molecule has 0 bridgehead atoms. The number of phenols is 1. The molecule has 36 heavy (non-hydrogen) atoms. The maximum absolute atomic E-state index is 10.4. The Morgan fingerprint density at radius 1 is 0.861 bits per heavy atom. The molecule has 0 spiro atoms. The number of aliphatic carboxylic acids is 2. The van der Waals surface area contributed by atoms with Crippen LogP contribution >= 0.6 is 0 Å². The molecule has 0 aliphatic rings. The van der Waals surface area contributed by atoms with Crippen LogP contribution in [0.3, 0.4) is 0 Å². The molecule has 8 nitrogen and oxygen atoms in total. The number of aliphatic hydroxyl groups is 2. The Morgan fingerprint density at radius 2 is 1.33 bits per heavy atom. The predicted octanol–water partition coefficient (Wildman–Crippen LogP) is -2.77. The molecule has 0 aliphatic carbocycles. The molecule has 0 amide bonds. The smallest absolute Gasteiger partial charge is 1.00 e. The minimum atomic E-state index is -2.27. The Labute approximate surface area is 241 Å². The van der Waals surface area contributed by atoms with Crippen LogP contribution in [-0.4, -0.2) is 73.2 Å². The number of rotatable bonds is 10. The molecular formula is C26H37ClNNaO7. The van der Waals surface area contributed by atoms with Crippen LogP contribution in [0.4, 0.5) is 0 Å². The van der Waals surface area contributed by atoms with E-state index in [-0.39, 0.29) is 47.9 Å². The molecule has 2 aromatic carbocycles. The van der Waals surface area contributed by atoms with Crippen molar-refractivity contribution in [3.05, 3.63) is 65.2 Å². The van der Waals surface area contributed by atoms with Gasteiger partial charge in [-0.05, 0) is 59.2 Å². The number of benzene rings is 2. The van der Waals surface area contributed by atoms with Crippen LogP contribution < -0.4 is 42.0 Å². The summed E-state index contributed by atoms with van der Waals surface area (Å²) in [5, 5.41) is 43.0. The number of aryl methyl sites for hydroxylation is 1. The third kappa shape index (κ3) is 11.6. The quantitative estimate of drug-likeness (QED) is 0.207. The van der Waals surface area contributed by atoms with Crippen molar-refractivity contribution in [2.45, 2.75) is 71.2 Å². The van der Waals surface area contributed by atoms with Crippen molar-refractivity contribution in [2.75, 3.05) is 6.54 Å². The Balaban J connectivity index is 0. The zero-order valence-electron chi connectivity index (χ0n) is 21.8. The van der Waals surface area contributed by atoms with Gasteiger partial charge in [-0.25, -0.2) is 9.59 Å². The van der Waals surface area contributed by atoms with Crippen LogP contribution in [0.1, 0.15) is 56.7 Å². The molecule has 0 saturated heterocycles. The molecule has 196 valence electrons. The SMILES string of the molecule is Cc1ccc(O)c([C@H](CCN(C(C)C)C(C)C)c2ccccc2)c1.O=C(O)C(O)C(O)C(=O)O.[Cl-].[Na+]. The summed E-state index contributed by atoms with van der Waals surface area (Å²) in [5.41, 5.74) is 3.49. The Bertz CT molecular complexity index is 902. The fraction of sp³-hybridized carbons (Fsp3) is 0.462. The fourth-order valence-corrected chi connectivity index (χ4v) is 3.80. The molecule has 0 saturated carbocycles. The summed E-state index contributed by atoms with van der Waals surface area (Å²) in [4.78, 5) is 22.1. The van der Waals surface area contributed by atoms with E-state index in [9.17, 15) is 14.7 Å². The normalized spacial score (nSPS) is 13.1. The van der Waals surface area contributed by atoms with Crippen molar-refractivity contribution in [3.8, 4) is 5.75 Å². The third-order valence-corrected chi connectivity index (χ3v) is 5.57. The molecule has 10 heteroatoms. The second kappa shape index (κ2) is 17.7. The number of hydrogen-bond acceptors (Lipinski definition) is 6. The topological polar surface area (TPSA) is 139 Å². The van der Waals surface area contributed by atoms with E-state index in [1.54, 1.807) is 0 Å². The standard InChI is InChI=1S/C22H31NO.C4H6O6.ClH.Na/c1-16(2)23(17(3)4)14-13-20(19-9-7-6-8-10-19)21-15-18(5)11-12-22(21)24;5-1(3(7)8)2(6)4(9)10;;/h6-12,15-17,20,24H,13-14H2,1-5H3;1-2,5-6H,(H,7,8)(H,9,10);1H;/q;;;+1/p-1/t20-;;;/m1.../s1. The van der Waals surface area contributed by atoms with E-state index < -0.39 is 24.1 Å². The van der Waals surface area contributed by atoms with Crippen molar-refractivity contribution in [1.29, 1.82) is 0 Å². The maximum Gasteiger partial charge on any atom is 1.00 e. The maximum atomic E-state index is 10.4. The van der Waals surface area contributed by atoms with Gasteiger partial charge in [-0.15, -0.1) is 0 Å². The van der Waals surface area contributed by atoms with E-state index in [4.69, 9.17) is 20.4 Å². The second-order valence-corrected chi connectivity index (χ2v) is 8.81. The van der Waals surface area contributed by atoms with Gasteiger partial charge in [-0.3, -0.25) is 4.90 Å². The first kappa shape index (κ1) is 36.5. The molecule has 0 aromatic heterocycles. The average Bonchev–Trinajstić information content (AvgIpc) is 2.78. The van der Waals surface area contributed by atoms with E-state index >= 15 is 0 Å². The Morgan fingerprint density at radius 3 is 1.75 bits per heavy atom. The van der Waals surface area contributed by atoms with E-state index in [2.05, 4.69) is 69.9 Å². The number of carboxylic acid groups (broad SMARTS) is 2. The van der Waals surface area contributed by atoms with Crippen LogP contribution in [0.5, 0.6) is 5.75 Å². The van der Waals surface area contributed by atoms with Gasteiger partial charge < -0.3 is 37.9 Å². The summed E-state index contributed by atoms with van der Waals surface area (Å²) in [6, 6.07) is 17.5. The molecule has 0 radical (unpaired) electrons. The van der Waals surface area contributed by atoms with E-state index in [0.717, 1.165) is 18.5 Å². The fourth-order valence-electron chi connectivity index (χ4n) is 3.80. The number of nitrogens with zero attached hydrogens (tertiary/aromatic N) is 1. The van der Waals surface area contributed by atoms with E-state index in [1.165, 1.54) is 11.1 Å². The van der Waals surface area contributed by atoms with Crippen molar-refractivity contribution >= 4 is 11.9 Å². The number of hydrogen-bond donors (Lipinski definition) is 5. The summed E-state index contributed by atoms with van der Waals surface area (Å²) >= 11 is 0. The minimum Gasteiger partial charge on any atom is -1.00 e. The predicted molar refractivity (Wildman–Crippen MR) is 130 cm³/mol. The molecule has 2 aromatic rings. The summed E-state index contributed by atoms with van der Waals surface area (Å²) in [6.07, 6.45) is -3.54. The Hall–Kier alpha value is -1.65. The van der Waals surface area contributed by atoms with Gasteiger partial charge in [0.25, 0.3) is 0 Å². The summed E-state index contributed by atoms with van der Waals surface area (Å²) in [6.45, 7) is 12.1. The first-order chi connectivity index (χ1) is 15.9. The van der Waals surface area contributed by atoms with Crippen LogP contribution in [0.15, 0.2) is 48.5 Å². The number of aliphatic hydroxyl groups excluding tert-OH is 2. The van der Waals surface area contributed by atoms with Gasteiger partial charge in [0.05, 0.1) is 0 Å². The number of carboxylic acids is 2. The average molecular weight is 534 g/mol. The van der Waals surface area contributed by atoms with Gasteiger partial charge in [0, 0.05) is 23.6 Å². The van der Waals surface area contributed by atoms with Gasteiger partial charge in [0.1, 0.15) is 5.75 Å². The zero-order valence-corrected chi connectivity index (χ0v) is 24.6. The molecule has 5 N–H and O–H groups in total. The van der Waals surface area contributed by atoms with Crippen LogP contribution in [0, 0.1) is 6.92 Å². The van der Waals surface area contributed by atoms with Gasteiger partial charge in [-0.2, -0.15) is 0 Å². The molecule has 3 atom stereocenters. The summed E-state index contributed by atoms with van der Waals surface area (Å²) in [7, 11) is 0. The molecule has 2 unspecified atom stereocenters. The largest absolute Gasteiger partial charge is 1.00 e. The van der Waals surface area contributed by atoms with Gasteiger partial charge in [0.2, 0.25) is 0 Å². The second-order valence-electron chi connectivity index (χ2n) is 8.81. The van der Waals surface area contributed by atoms with E-state index in [0.29, 0.717) is 17.8 Å². The van der Waals surface area contributed by atoms with Crippen molar-refractivity contribution in [2.24, 2.45) is 0 Å². The number of aromatic hydroxyl groups is 1. The van der Waals surface area contributed by atoms with Crippen molar-refractivity contribution in [3.63, 3.8) is 0 Å². The van der Waals surface area contributed by atoms with Crippen LogP contribution in [-0.2, 0) is 9.59 Å². The van der Waals surface area contributed by atoms with Gasteiger partial charge in [0.15, 0.2) is 12.2 Å². The van der Waals surface area contributed by atoms with Crippen LogP contribution in [0.2, 0.25) is 0 Å². The monoisotopic (exact) mass is 533 g/mol.